The van der Waals surface area contributed by atoms with Gasteiger partial charge in [0.15, 0.2) is 0 Å². The Bertz CT molecular complexity index is 2250. The molecular weight excluding hydrogens is 524 g/mol. The van der Waals surface area contributed by atoms with E-state index in [2.05, 4.69) is 138 Å². The molecule has 0 fully saturated rings. The van der Waals surface area contributed by atoms with Crippen LogP contribution in [0.2, 0.25) is 0 Å². The Kier molecular flexibility index (Phi) is 6.01. The van der Waals surface area contributed by atoms with Crippen LogP contribution >= 0.6 is 0 Å². The molecule has 1 aromatic heterocycles. The highest BCUT2D eigenvalue weighted by Gasteiger charge is 2.22. The first-order valence-electron chi connectivity index (χ1n) is 14.5. The Labute approximate surface area is 250 Å². The van der Waals surface area contributed by atoms with Gasteiger partial charge in [-0.1, -0.05) is 115 Å². The van der Waals surface area contributed by atoms with Gasteiger partial charge in [0.05, 0.1) is 23.7 Å². The van der Waals surface area contributed by atoms with Crippen LogP contribution in [0.5, 0.6) is 5.75 Å². The number of hydrogen-bond acceptors (Lipinski definition) is 2. The van der Waals surface area contributed by atoms with Gasteiger partial charge in [0, 0.05) is 16.5 Å². The fourth-order valence-corrected chi connectivity index (χ4v) is 6.26. The molecule has 8 rings (SSSR count). The van der Waals surface area contributed by atoms with Crippen LogP contribution in [0.15, 0.2) is 152 Å². The third kappa shape index (κ3) is 4.17. The number of fused-ring (bicyclic) bond motifs is 6. The zero-order valence-corrected chi connectivity index (χ0v) is 23.7. The SMILES string of the molecule is COc1ccccc1-c1nc2c3ccc(-c4ccccc4)cc3c3cc(-c4ccccc4)ccc3c2n1-c1ccccc1. The van der Waals surface area contributed by atoms with E-state index in [1.54, 1.807) is 7.11 Å². The number of hydrogen-bond donors (Lipinski definition) is 0. The summed E-state index contributed by atoms with van der Waals surface area (Å²) in [6.45, 7) is 0. The molecule has 0 aliphatic carbocycles. The molecule has 0 saturated heterocycles. The molecule has 0 atom stereocenters. The number of nitrogens with zero attached hydrogens (tertiary/aromatic N) is 2. The molecule has 0 saturated carbocycles. The van der Waals surface area contributed by atoms with Gasteiger partial charge < -0.3 is 4.74 Å². The molecule has 0 unspecified atom stereocenters. The van der Waals surface area contributed by atoms with E-state index >= 15 is 0 Å². The third-order valence-electron chi connectivity index (χ3n) is 8.29. The molecule has 0 aliphatic rings. The number of para-hydroxylation sites is 2. The summed E-state index contributed by atoms with van der Waals surface area (Å²) in [5.41, 5.74) is 8.83. The summed E-state index contributed by atoms with van der Waals surface area (Å²) in [5.74, 6) is 1.65. The molecule has 0 bridgehead atoms. The second-order valence-corrected chi connectivity index (χ2v) is 10.8. The Morgan fingerprint density at radius 3 is 1.65 bits per heavy atom. The number of benzene rings is 7. The molecule has 3 nitrogen and oxygen atoms in total. The van der Waals surface area contributed by atoms with Gasteiger partial charge in [-0.15, -0.1) is 0 Å². The summed E-state index contributed by atoms with van der Waals surface area (Å²) in [6.07, 6.45) is 0. The van der Waals surface area contributed by atoms with Gasteiger partial charge in [0.2, 0.25) is 0 Å². The molecule has 0 radical (unpaired) electrons. The lowest BCUT2D eigenvalue weighted by atomic mass is 9.93. The van der Waals surface area contributed by atoms with Gasteiger partial charge >= 0.3 is 0 Å². The first-order valence-corrected chi connectivity index (χ1v) is 14.5. The van der Waals surface area contributed by atoms with Crippen molar-refractivity contribution in [2.75, 3.05) is 7.11 Å². The molecule has 1 heterocycles. The molecule has 3 heteroatoms. The van der Waals surface area contributed by atoms with Gasteiger partial charge in [-0.3, -0.25) is 4.57 Å². The summed E-state index contributed by atoms with van der Waals surface area (Å²) in [7, 11) is 1.72. The first kappa shape index (κ1) is 25.1. The van der Waals surface area contributed by atoms with Crippen molar-refractivity contribution in [2.24, 2.45) is 0 Å². The number of aromatic nitrogens is 2. The molecular formula is C40H28N2O. The van der Waals surface area contributed by atoms with Gasteiger partial charge in [0.1, 0.15) is 11.6 Å². The molecule has 8 aromatic rings. The van der Waals surface area contributed by atoms with Crippen molar-refractivity contribution in [1.82, 2.24) is 9.55 Å². The van der Waals surface area contributed by atoms with E-state index in [9.17, 15) is 0 Å². The lowest BCUT2D eigenvalue weighted by Crippen LogP contribution is -1.99. The second-order valence-electron chi connectivity index (χ2n) is 10.8. The zero-order valence-electron chi connectivity index (χ0n) is 23.7. The highest BCUT2D eigenvalue weighted by Crippen LogP contribution is 2.43. The van der Waals surface area contributed by atoms with Crippen LogP contribution in [0.25, 0.3) is 71.9 Å². The second kappa shape index (κ2) is 10.3. The van der Waals surface area contributed by atoms with Crippen LogP contribution in [0.3, 0.4) is 0 Å². The smallest absolute Gasteiger partial charge is 0.149 e. The maximum absolute atomic E-state index is 5.84. The maximum atomic E-state index is 5.84. The number of imidazole rings is 1. The molecule has 0 amide bonds. The minimum absolute atomic E-state index is 0.793. The molecule has 0 spiro atoms. The van der Waals surface area contributed by atoms with Gasteiger partial charge in [-0.05, 0) is 69.4 Å². The Morgan fingerprint density at radius 2 is 1.02 bits per heavy atom. The van der Waals surface area contributed by atoms with Gasteiger partial charge in [0.25, 0.3) is 0 Å². The molecule has 43 heavy (non-hydrogen) atoms. The normalized spacial score (nSPS) is 11.4. The number of rotatable bonds is 5. The van der Waals surface area contributed by atoms with Crippen molar-refractivity contribution < 1.29 is 4.74 Å². The van der Waals surface area contributed by atoms with Crippen LogP contribution in [-0.2, 0) is 0 Å². The lowest BCUT2D eigenvalue weighted by Gasteiger charge is -2.15. The molecule has 0 aliphatic heterocycles. The van der Waals surface area contributed by atoms with Gasteiger partial charge in [-0.2, -0.15) is 0 Å². The molecule has 0 N–H and O–H groups in total. The average molecular weight is 553 g/mol. The maximum Gasteiger partial charge on any atom is 0.149 e. The van der Waals surface area contributed by atoms with Crippen molar-refractivity contribution in [2.45, 2.75) is 0 Å². The van der Waals surface area contributed by atoms with E-state index in [0.717, 1.165) is 44.6 Å². The predicted molar refractivity (Wildman–Crippen MR) is 179 cm³/mol. The van der Waals surface area contributed by atoms with Crippen LogP contribution in [0.1, 0.15) is 0 Å². The van der Waals surface area contributed by atoms with Crippen LogP contribution in [0.4, 0.5) is 0 Å². The van der Waals surface area contributed by atoms with E-state index in [4.69, 9.17) is 9.72 Å². The van der Waals surface area contributed by atoms with Gasteiger partial charge in [-0.25, -0.2) is 4.98 Å². The zero-order chi connectivity index (χ0) is 28.8. The van der Waals surface area contributed by atoms with E-state index < -0.39 is 0 Å². The summed E-state index contributed by atoms with van der Waals surface area (Å²) >= 11 is 0. The largest absolute Gasteiger partial charge is 0.496 e. The standard InChI is InChI=1S/C40H28N2O/c1-43-37-20-12-11-19-34(37)40-41-38-32-23-21-29(27-13-5-2-6-14-27)25-35(32)36-26-30(28-15-7-3-8-16-28)22-24-33(36)39(38)42(40)31-17-9-4-10-18-31/h2-26H,1H3. The molecule has 7 aromatic carbocycles. The van der Waals surface area contributed by atoms with E-state index in [-0.39, 0.29) is 0 Å². The molecule has 204 valence electrons. The fraction of sp³-hybridized carbons (Fsp3) is 0.0250. The number of methoxy groups -OCH3 is 1. The Hall–Kier alpha value is -5.67. The Balaban J connectivity index is 1.55. The monoisotopic (exact) mass is 552 g/mol. The minimum Gasteiger partial charge on any atom is -0.496 e. The topological polar surface area (TPSA) is 27.1 Å². The third-order valence-corrected chi connectivity index (χ3v) is 8.29. The van der Waals surface area contributed by atoms with Crippen LogP contribution < -0.4 is 4.74 Å². The van der Waals surface area contributed by atoms with Crippen LogP contribution in [-0.4, -0.2) is 16.7 Å². The minimum atomic E-state index is 0.793. The van der Waals surface area contributed by atoms with E-state index in [1.165, 1.54) is 33.0 Å². The highest BCUT2D eigenvalue weighted by atomic mass is 16.5. The number of ether oxygens (including phenoxy) is 1. The summed E-state index contributed by atoms with van der Waals surface area (Å²) in [4.78, 5) is 5.41. The Morgan fingerprint density at radius 1 is 0.488 bits per heavy atom. The summed E-state index contributed by atoms with van der Waals surface area (Å²) in [6, 6.07) is 53.4. The summed E-state index contributed by atoms with van der Waals surface area (Å²) in [5, 5.41) is 4.67. The first-order chi connectivity index (χ1) is 21.3. The van der Waals surface area contributed by atoms with Crippen molar-refractivity contribution in [3.63, 3.8) is 0 Å². The van der Waals surface area contributed by atoms with E-state index in [0.29, 0.717) is 0 Å². The summed E-state index contributed by atoms with van der Waals surface area (Å²) < 4.78 is 8.13. The van der Waals surface area contributed by atoms with Crippen molar-refractivity contribution in [3.05, 3.63) is 152 Å². The average Bonchev–Trinajstić information content (AvgIpc) is 3.50. The van der Waals surface area contributed by atoms with Crippen LogP contribution in [0, 0.1) is 0 Å². The van der Waals surface area contributed by atoms with Crippen molar-refractivity contribution in [1.29, 1.82) is 0 Å². The van der Waals surface area contributed by atoms with E-state index in [1.807, 2.05) is 18.2 Å². The van der Waals surface area contributed by atoms with Crippen molar-refractivity contribution in [3.8, 4) is 45.1 Å². The predicted octanol–water partition coefficient (Wildman–Crippen LogP) is 10.3. The highest BCUT2D eigenvalue weighted by molar-refractivity contribution is 6.25. The quantitative estimate of drug-likeness (QED) is 0.199. The van der Waals surface area contributed by atoms with Crippen molar-refractivity contribution >= 4 is 32.6 Å². The fourth-order valence-electron chi connectivity index (χ4n) is 6.26. The lowest BCUT2D eigenvalue weighted by molar-refractivity contribution is 0.416.